The standard InChI is InChI=1S/C19H21ClF3N3O4/c20-14-5-12(19(21,22)23)2-1-11(14)9-29-13-6-26(7-13)18(28)25-4-3-16-15(8-25)24-17(27)10-30-16/h1-2,5,13,15-16H,3-4,6-10H2,(H,24,27)/t15-,16+/m1/s1. The number of fused-ring (bicyclic) bond motifs is 1. The number of ether oxygens (including phenoxy) is 2. The number of rotatable bonds is 3. The van der Waals surface area contributed by atoms with Gasteiger partial charge >= 0.3 is 12.2 Å². The molecule has 3 aliphatic rings. The number of amides is 3. The van der Waals surface area contributed by atoms with Crippen LogP contribution >= 0.6 is 11.6 Å². The van der Waals surface area contributed by atoms with Crippen molar-refractivity contribution in [1.82, 2.24) is 15.1 Å². The number of nitrogens with one attached hydrogen (secondary N) is 1. The van der Waals surface area contributed by atoms with Crippen LogP contribution in [0.15, 0.2) is 18.2 Å². The average Bonchev–Trinajstić information content (AvgIpc) is 2.66. The maximum absolute atomic E-state index is 12.7. The third kappa shape index (κ3) is 4.50. The number of carbonyl (C=O) groups excluding carboxylic acids is 2. The SMILES string of the molecule is O=C1CO[C@H]2CCN(C(=O)N3CC(OCc4ccc(C(F)(F)F)cc4Cl)C3)C[C@H]2N1. The number of carbonyl (C=O) groups is 2. The van der Waals surface area contributed by atoms with E-state index in [0.29, 0.717) is 38.2 Å². The smallest absolute Gasteiger partial charge is 0.370 e. The normalized spacial score (nSPS) is 24.9. The predicted molar refractivity (Wildman–Crippen MR) is 99.9 cm³/mol. The molecular formula is C19H21ClF3N3O4. The molecule has 3 heterocycles. The topological polar surface area (TPSA) is 71.1 Å². The zero-order valence-electron chi connectivity index (χ0n) is 16.0. The van der Waals surface area contributed by atoms with Gasteiger partial charge < -0.3 is 24.6 Å². The highest BCUT2D eigenvalue weighted by molar-refractivity contribution is 6.31. The minimum Gasteiger partial charge on any atom is -0.370 e. The molecule has 3 aliphatic heterocycles. The first-order valence-electron chi connectivity index (χ1n) is 9.63. The van der Waals surface area contributed by atoms with Gasteiger partial charge in [0.25, 0.3) is 0 Å². The van der Waals surface area contributed by atoms with Crippen LogP contribution in [0.5, 0.6) is 0 Å². The maximum Gasteiger partial charge on any atom is 0.416 e. The molecule has 1 aromatic carbocycles. The Bertz CT molecular complexity index is 832. The lowest BCUT2D eigenvalue weighted by atomic mass is 10.0. The number of piperidine rings is 1. The Morgan fingerprint density at radius 1 is 1.27 bits per heavy atom. The summed E-state index contributed by atoms with van der Waals surface area (Å²) in [5.41, 5.74) is -0.343. The zero-order chi connectivity index (χ0) is 21.5. The summed E-state index contributed by atoms with van der Waals surface area (Å²) in [7, 11) is 0. The van der Waals surface area contributed by atoms with E-state index in [1.54, 1.807) is 9.80 Å². The number of hydrogen-bond acceptors (Lipinski definition) is 4. The molecule has 3 fully saturated rings. The van der Waals surface area contributed by atoms with Gasteiger partial charge in [-0.2, -0.15) is 13.2 Å². The van der Waals surface area contributed by atoms with E-state index in [2.05, 4.69) is 5.32 Å². The second-order valence-electron chi connectivity index (χ2n) is 7.68. The molecule has 2 atom stereocenters. The Morgan fingerprint density at radius 2 is 2.03 bits per heavy atom. The van der Waals surface area contributed by atoms with E-state index < -0.39 is 11.7 Å². The van der Waals surface area contributed by atoms with E-state index in [0.717, 1.165) is 12.1 Å². The van der Waals surface area contributed by atoms with Crippen molar-refractivity contribution in [3.63, 3.8) is 0 Å². The Kier molecular flexibility index (Phi) is 5.82. The molecule has 0 unspecified atom stereocenters. The fraction of sp³-hybridized carbons (Fsp3) is 0.579. The lowest BCUT2D eigenvalue weighted by molar-refractivity contribution is -0.140. The molecule has 1 N–H and O–H groups in total. The molecule has 1 aromatic rings. The third-order valence-electron chi connectivity index (χ3n) is 5.57. The monoisotopic (exact) mass is 447 g/mol. The second kappa shape index (κ2) is 8.24. The number of morpholine rings is 1. The summed E-state index contributed by atoms with van der Waals surface area (Å²) in [6.45, 7) is 1.87. The van der Waals surface area contributed by atoms with Crippen molar-refractivity contribution < 1.29 is 32.2 Å². The fourth-order valence-electron chi connectivity index (χ4n) is 3.82. The molecule has 0 aliphatic carbocycles. The van der Waals surface area contributed by atoms with Crippen LogP contribution in [0.4, 0.5) is 18.0 Å². The van der Waals surface area contributed by atoms with Gasteiger partial charge in [-0.3, -0.25) is 4.79 Å². The quantitative estimate of drug-likeness (QED) is 0.771. The van der Waals surface area contributed by atoms with Crippen LogP contribution in [0.3, 0.4) is 0 Å². The predicted octanol–water partition coefficient (Wildman–Crippen LogP) is 2.27. The summed E-state index contributed by atoms with van der Waals surface area (Å²) in [5, 5.41) is 2.86. The number of nitrogens with zero attached hydrogens (tertiary/aromatic N) is 2. The molecule has 7 nitrogen and oxygen atoms in total. The van der Waals surface area contributed by atoms with Gasteiger partial charge in [0.2, 0.25) is 5.91 Å². The van der Waals surface area contributed by atoms with Crippen molar-refractivity contribution in [3.8, 4) is 0 Å². The maximum atomic E-state index is 12.7. The highest BCUT2D eigenvalue weighted by Crippen LogP contribution is 2.32. The van der Waals surface area contributed by atoms with Crippen LogP contribution in [0.2, 0.25) is 5.02 Å². The van der Waals surface area contributed by atoms with Gasteiger partial charge in [-0.15, -0.1) is 0 Å². The van der Waals surface area contributed by atoms with Crippen molar-refractivity contribution in [2.24, 2.45) is 0 Å². The van der Waals surface area contributed by atoms with Gasteiger partial charge in [-0.05, 0) is 24.1 Å². The van der Waals surface area contributed by atoms with E-state index >= 15 is 0 Å². The summed E-state index contributed by atoms with van der Waals surface area (Å²) in [5.74, 6) is -0.176. The number of likely N-dealkylation sites (tertiary alicyclic amines) is 2. The van der Waals surface area contributed by atoms with Gasteiger partial charge in [0, 0.05) is 18.1 Å². The number of urea groups is 1. The Labute approximate surface area is 176 Å². The summed E-state index contributed by atoms with van der Waals surface area (Å²) >= 11 is 5.94. The molecular weight excluding hydrogens is 427 g/mol. The van der Waals surface area contributed by atoms with Gasteiger partial charge in [0.05, 0.1) is 43.5 Å². The van der Waals surface area contributed by atoms with Crippen LogP contribution in [0, 0.1) is 0 Å². The molecule has 164 valence electrons. The molecule has 4 rings (SSSR count). The van der Waals surface area contributed by atoms with Gasteiger partial charge in [-0.25, -0.2) is 4.79 Å². The Hall–Kier alpha value is -2.04. The summed E-state index contributed by atoms with van der Waals surface area (Å²) in [6, 6.07) is 2.84. The van der Waals surface area contributed by atoms with Crippen LogP contribution in [0.25, 0.3) is 0 Å². The summed E-state index contributed by atoms with van der Waals surface area (Å²) in [4.78, 5) is 27.5. The van der Waals surface area contributed by atoms with Crippen LogP contribution in [0.1, 0.15) is 17.5 Å². The molecule has 0 saturated carbocycles. The summed E-state index contributed by atoms with van der Waals surface area (Å²) < 4.78 is 49.3. The lowest BCUT2D eigenvalue weighted by Crippen LogP contribution is -2.65. The number of alkyl halides is 3. The fourth-order valence-corrected chi connectivity index (χ4v) is 4.06. The zero-order valence-corrected chi connectivity index (χ0v) is 16.7. The Balaban J connectivity index is 1.23. The number of halogens is 4. The molecule has 0 bridgehead atoms. The molecule has 3 amide bonds. The minimum atomic E-state index is -4.45. The second-order valence-corrected chi connectivity index (χ2v) is 8.09. The first-order valence-corrected chi connectivity index (χ1v) is 10.0. The molecule has 3 saturated heterocycles. The third-order valence-corrected chi connectivity index (χ3v) is 5.92. The van der Waals surface area contributed by atoms with Crippen LogP contribution < -0.4 is 5.32 Å². The molecule has 30 heavy (non-hydrogen) atoms. The Morgan fingerprint density at radius 3 is 2.73 bits per heavy atom. The van der Waals surface area contributed by atoms with Gasteiger partial charge in [0.1, 0.15) is 6.61 Å². The lowest BCUT2D eigenvalue weighted by Gasteiger charge is -2.46. The van der Waals surface area contributed by atoms with E-state index in [1.807, 2.05) is 0 Å². The van der Waals surface area contributed by atoms with Gasteiger partial charge in [-0.1, -0.05) is 17.7 Å². The van der Waals surface area contributed by atoms with E-state index in [-0.39, 0.29) is 48.4 Å². The van der Waals surface area contributed by atoms with Crippen molar-refractivity contribution in [3.05, 3.63) is 34.3 Å². The largest absolute Gasteiger partial charge is 0.416 e. The van der Waals surface area contributed by atoms with Crippen molar-refractivity contribution in [2.75, 3.05) is 32.8 Å². The van der Waals surface area contributed by atoms with Crippen molar-refractivity contribution in [2.45, 2.75) is 37.5 Å². The van der Waals surface area contributed by atoms with Crippen LogP contribution in [-0.4, -0.2) is 72.8 Å². The van der Waals surface area contributed by atoms with E-state index in [9.17, 15) is 22.8 Å². The van der Waals surface area contributed by atoms with E-state index in [4.69, 9.17) is 21.1 Å². The first kappa shape index (κ1) is 21.2. The molecule has 0 radical (unpaired) electrons. The van der Waals surface area contributed by atoms with Gasteiger partial charge in [0.15, 0.2) is 0 Å². The molecule has 11 heteroatoms. The molecule has 0 spiro atoms. The average molecular weight is 448 g/mol. The van der Waals surface area contributed by atoms with E-state index in [1.165, 1.54) is 6.07 Å². The minimum absolute atomic E-state index is 0.00306. The van der Waals surface area contributed by atoms with Crippen molar-refractivity contribution in [1.29, 1.82) is 0 Å². The highest BCUT2D eigenvalue weighted by Gasteiger charge is 2.40. The number of hydrogen-bond donors (Lipinski definition) is 1. The van der Waals surface area contributed by atoms with Crippen LogP contribution in [-0.2, 0) is 27.1 Å². The molecule has 0 aromatic heterocycles. The first-order chi connectivity index (χ1) is 14.2. The van der Waals surface area contributed by atoms with Crippen molar-refractivity contribution >= 4 is 23.5 Å². The highest BCUT2D eigenvalue weighted by atomic mass is 35.5. The number of benzene rings is 1. The summed E-state index contributed by atoms with van der Waals surface area (Å²) in [6.07, 6.45) is -4.05.